The van der Waals surface area contributed by atoms with Crippen molar-refractivity contribution in [1.29, 1.82) is 0 Å². The first kappa shape index (κ1) is 16.4. The van der Waals surface area contributed by atoms with Crippen molar-refractivity contribution >= 4 is 22.7 Å². The summed E-state index contributed by atoms with van der Waals surface area (Å²) in [6, 6.07) is 7.08. The summed E-state index contributed by atoms with van der Waals surface area (Å²) in [5.74, 6) is -0.0393. The third-order valence-corrected chi connectivity index (χ3v) is 4.55. The zero-order valence-electron chi connectivity index (χ0n) is 14.0. The van der Waals surface area contributed by atoms with Crippen molar-refractivity contribution in [1.82, 2.24) is 20.0 Å². The number of aromatic nitrogens is 2. The minimum absolute atomic E-state index is 0.0395. The van der Waals surface area contributed by atoms with Crippen LogP contribution in [0.5, 0.6) is 0 Å². The molecule has 0 spiro atoms. The molecule has 1 atom stereocenters. The maximum Gasteiger partial charge on any atom is 0.275 e. The zero-order valence-corrected chi connectivity index (χ0v) is 14.0. The normalized spacial score (nSPS) is 16.7. The maximum absolute atomic E-state index is 12.7. The molecule has 2 amide bonds. The van der Waals surface area contributed by atoms with Gasteiger partial charge in [0.25, 0.3) is 5.91 Å². The number of piperazine rings is 1. The minimum atomic E-state index is -0.484. The van der Waals surface area contributed by atoms with Crippen LogP contribution in [0, 0.1) is 5.92 Å². The molecule has 3 rings (SSSR count). The first-order valence-electron chi connectivity index (χ1n) is 8.25. The molecule has 7 nitrogen and oxygen atoms in total. The number of aromatic amines is 1. The van der Waals surface area contributed by atoms with E-state index in [1.54, 1.807) is 9.80 Å². The van der Waals surface area contributed by atoms with Crippen molar-refractivity contribution in [2.24, 2.45) is 11.7 Å². The summed E-state index contributed by atoms with van der Waals surface area (Å²) in [4.78, 5) is 28.5. The van der Waals surface area contributed by atoms with Gasteiger partial charge in [-0.15, -0.1) is 0 Å². The zero-order chi connectivity index (χ0) is 17.3. The molecule has 1 aliphatic heterocycles. The van der Waals surface area contributed by atoms with Crippen LogP contribution >= 0.6 is 0 Å². The predicted octanol–water partition coefficient (Wildman–Crippen LogP) is 0.831. The van der Waals surface area contributed by atoms with Crippen molar-refractivity contribution in [2.45, 2.75) is 19.9 Å². The second kappa shape index (κ2) is 6.60. The molecule has 1 unspecified atom stereocenters. The molecular weight excluding hydrogens is 306 g/mol. The Labute approximate surface area is 140 Å². The smallest absolute Gasteiger partial charge is 0.275 e. The topological polar surface area (TPSA) is 95.3 Å². The molecule has 3 N–H and O–H groups in total. The number of hydrogen-bond acceptors (Lipinski definition) is 4. The number of carbonyl (C=O) groups excluding carboxylic acids is 2. The van der Waals surface area contributed by atoms with Gasteiger partial charge in [-0.2, -0.15) is 5.10 Å². The van der Waals surface area contributed by atoms with Crippen molar-refractivity contribution in [3.05, 3.63) is 30.0 Å². The molecule has 0 aliphatic carbocycles. The van der Waals surface area contributed by atoms with E-state index < -0.39 is 6.04 Å². The summed E-state index contributed by atoms with van der Waals surface area (Å²) in [6.07, 6.45) is 0. The highest BCUT2D eigenvalue weighted by atomic mass is 16.2. The summed E-state index contributed by atoms with van der Waals surface area (Å²) < 4.78 is 0. The molecule has 1 saturated heterocycles. The highest BCUT2D eigenvalue weighted by Crippen LogP contribution is 2.18. The van der Waals surface area contributed by atoms with Gasteiger partial charge in [0.05, 0.1) is 11.6 Å². The van der Waals surface area contributed by atoms with E-state index in [1.165, 1.54) is 0 Å². The summed E-state index contributed by atoms with van der Waals surface area (Å²) >= 11 is 0. The van der Waals surface area contributed by atoms with Crippen LogP contribution in [-0.4, -0.2) is 64.0 Å². The molecule has 2 heterocycles. The number of nitrogens with two attached hydrogens (primary N) is 1. The van der Waals surface area contributed by atoms with E-state index in [9.17, 15) is 9.59 Å². The number of hydrogen-bond donors (Lipinski definition) is 2. The van der Waals surface area contributed by atoms with Gasteiger partial charge in [-0.05, 0) is 12.0 Å². The van der Waals surface area contributed by atoms with Gasteiger partial charge >= 0.3 is 0 Å². The van der Waals surface area contributed by atoms with Gasteiger partial charge in [-0.25, -0.2) is 0 Å². The Bertz CT molecular complexity index is 746. The lowest BCUT2D eigenvalue weighted by molar-refractivity contribution is -0.135. The number of H-pyrrole nitrogens is 1. The lowest BCUT2D eigenvalue weighted by atomic mass is 10.0. The Morgan fingerprint density at radius 2 is 1.75 bits per heavy atom. The quantitative estimate of drug-likeness (QED) is 0.872. The monoisotopic (exact) mass is 329 g/mol. The number of nitrogens with one attached hydrogen (secondary N) is 1. The Morgan fingerprint density at radius 3 is 2.42 bits per heavy atom. The number of benzene rings is 1. The van der Waals surface area contributed by atoms with Gasteiger partial charge in [0.15, 0.2) is 5.69 Å². The van der Waals surface area contributed by atoms with Crippen LogP contribution in [0.1, 0.15) is 24.3 Å². The largest absolute Gasteiger partial charge is 0.338 e. The Balaban J connectivity index is 1.66. The highest BCUT2D eigenvalue weighted by Gasteiger charge is 2.29. The Hall–Kier alpha value is -2.41. The second-order valence-corrected chi connectivity index (χ2v) is 6.51. The lowest BCUT2D eigenvalue weighted by Gasteiger charge is -2.36. The van der Waals surface area contributed by atoms with Crippen molar-refractivity contribution in [3.8, 4) is 0 Å². The molecule has 7 heteroatoms. The van der Waals surface area contributed by atoms with Gasteiger partial charge in [0.1, 0.15) is 0 Å². The van der Waals surface area contributed by atoms with Crippen LogP contribution < -0.4 is 5.73 Å². The van der Waals surface area contributed by atoms with E-state index in [2.05, 4.69) is 10.2 Å². The summed E-state index contributed by atoms with van der Waals surface area (Å²) in [5, 5.41) is 7.87. The van der Waals surface area contributed by atoms with Crippen LogP contribution in [0.4, 0.5) is 0 Å². The number of nitrogens with zero attached hydrogens (tertiary/aromatic N) is 3. The number of para-hydroxylation sites is 1. The lowest BCUT2D eigenvalue weighted by Crippen LogP contribution is -2.55. The summed E-state index contributed by atoms with van der Waals surface area (Å²) in [7, 11) is 0. The minimum Gasteiger partial charge on any atom is -0.338 e. The molecule has 1 aromatic carbocycles. The van der Waals surface area contributed by atoms with E-state index >= 15 is 0 Å². The standard InChI is InChI=1S/C17H23N5O2/c1-11(2)14(18)16(23)21-7-9-22(10-8-21)17(24)15-12-5-3-4-6-13(12)19-20-15/h3-6,11,14H,7-10,18H2,1-2H3,(H,19,20). The van der Waals surface area contributed by atoms with Crippen molar-refractivity contribution < 1.29 is 9.59 Å². The predicted molar refractivity (Wildman–Crippen MR) is 91.4 cm³/mol. The summed E-state index contributed by atoms with van der Waals surface area (Å²) in [5.41, 5.74) is 7.22. The molecule has 2 aromatic rings. The molecular formula is C17H23N5O2. The first-order valence-corrected chi connectivity index (χ1v) is 8.25. The van der Waals surface area contributed by atoms with Gasteiger partial charge in [0.2, 0.25) is 5.91 Å². The molecule has 0 radical (unpaired) electrons. The fourth-order valence-electron chi connectivity index (χ4n) is 2.90. The molecule has 0 bridgehead atoms. The number of amides is 2. The average molecular weight is 329 g/mol. The molecule has 1 fully saturated rings. The highest BCUT2D eigenvalue weighted by molar-refractivity contribution is 6.04. The summed E-state index contributed by atoms with van der Waals surface area (Å²) in [6.45, 7) is 5.88. The van der Waals surface area contributed by atoms with E-state index in [0.29, 0.717) is 31.9 Å². The van der Waals surface area contributed by atoms with Crippen molar-refractivity contribution in [3.63, 3.8) is 0 Å². The fourth-order valence-corrected chi connectivity index (χ4v) is 2.90. The number of rotatable bonds is 3. The molecule has 24 heavy (non-hydrogen) atoms. The third-order valence-electron chi connectivity index (χ3n) is 4.55. The number of fused-ring (bicyclic) bond motifs is 1. The third kappa shape index (κ3) is 2.99. The molecule has 128 valence electrons. The van der Waals surface area contributed by atoms with Crippen LogP contribution in [0.15, 0.2) is 24.3 Å². The van der Waals surface area contributed by atoms with Crippen LogP contribution in [0.3, 0.4) is 0 Å². The van der Waals surface area contributed by atoms with Crippen LogP contribution in [0.25, 0.3) is 10.9 Å². The van der Waals surface area contributed by atoms with Gasteiger partial charge in [-0.3, -0.25) is 14.7 Å². The fraction of sp³-hybridized carbons (Fsp3) is 0.471. The Kier molecular flexibility index (Phi) is 4.53. The van der Waals surface area contributed by atoms with Gasteiger partial charge in [-0.1, -0.05) is 32.0 Å². The van der Waals surface area contributed by atoms with E-state index in [-0.39, 0.29) is 17.7 Å². The first-order chi connectivity index (χ1) is 11.5. The van der Waals surface area contributed by atoms with Crippen LogP contribution in [-0.2, 0) is 4.79 Å². The molecule has 0 saturated carbocycles. The average Bonchev–Trinajstić information content (AvgIpc) is 3.04. The molecule has 1 aromatic heterocycles. The number of carbonyl (C=O) groups is 2. The molecule has 1 aliphatic rings. The SMILES string of the molecule is CC(C)C(N)C(=O)N1CCN(C(=O)c2n[nH]c3ccccc23)CC1. The van der Waals surface area contributed by atoms with E-state index in [4.69, 9.17) is 5.73 Å². The van der Waals surface area contributed by atoms with E-state index in [1.807, 2.05) is 38.1 Å². The second-order valence-electron chi connectivity index (χ2n) is 6.51. The van der Waals surface area contributed by atoms with Gasteiger partial charge < -0.3 is 15.5 Å². The van der Waals surface area contributed by atoms with Crippen molar-refractivity contribution in [2.75, 3.05) is 26.2 Å². The van der Waals surface area contributed by atoms with Gasteiger partial charge in [0, 0.05) is 31.6 Å². The Morgan fingerprint density at radius 1 is 1.12 bits per heavy atom. The van der Waals surface area contributed by atoms with E-state index in [0.717, 1.165) is 10.9 Å². The van der Waals surface area contributed by atoms with Crippen LogP contribution in [0.2, 0.25) is 0 Å². The maximum atomic E-state index is 12.7.